The van der Waals surface area contributed by atoms with Gasteiger partial charge in [0.15, 0.2) is 0 Å². The third-order valence-corrected chi connectivity index (χ3v) is 2.35. The Kier molecular flexibility index (Phi) is 2.66. The van der Waals surface area contributed by atoms with Gasteiger partial charge in [0.25, 0.3) is 0 Å². The van der Waals surface area contributed by atoms with Gasteiger partial charge in [-0.3, -0.25) is 0 Å². The molecule has 0 aliphatic rings. The van der Waals surface area contributed by atoms with Gasteiger partial charge in [0.1, 0.15) is 8.77 Å². The molecule has 0 saturated heterocycles. The van der Waals surface area contributed by atoms with Gasteiger partial charge in [0.05, 0.1) is 5.75 Å². The van der Waals surface area contributed by atoms with Gasteiger partial charge in [-0.2, -0.15) is 0 Å². The minimum absolute atomic E-state index is 0.0205. The van der Waals surface area contributed by atoms with Crippen molar-refractivity contribution in [2.45, 2.75) is 5.75 Å². The van der Waals surface area contributed by atoms with Gasteiger partial charge in [-0.25, -0.2) is 4.21 Å². The van der Waals surface area contributed by atoms with Crippen LogP contribution in [0.5, 0.6) is 0 Å². The van der Waals surface area contributed by atoms with Crippen molar-refractivity contribution < 1.29 is 8.76 Å². The van der Waals surface area contributed by atoms with Crippen LogP contribution in [-0.4, -0.2) is 8.76 Å². The average Bonchev–Trinajstić information content (AvgIpc) is 1.82. The second-order valence-corrected chi connectivity index (χ2v) is 5.49. The molecule has 0 heterocycles. The molecule has 0 amide bonds. The zero-order valence-corrected chi connectivity index (χ0v) is 7.90. The van der Waals surface area contributed by atoms with Crippen LogP contribution in [0.3, 0.4) is 0 Å². The summed E-state index contributed by atoms with van der Waals surface area (Å²) in [6.45, 7) is 0. The fourth-order valence-electron chi connectivity index (χ4n) is 0.894. The third-order valence-electron chi connectivity index (χ3n) is 1.30. The van der Waals surface area contributed by atoms with Gasteiger partial charge < -0.3 is 10.3 Å². The Morgan fingerprint density at radius 2 is 2.25 bits per heavy atom. The molecule has 1 aromatic rings. The normalized spacial score (nSPS) is 15.4. The first-order valence-electron chi connectivity index (χ1n) is 3.27. The highest BCUT2D eigenvalue weighted by Gasteiger charge is 2.01. The number of hydrogen-bond acceptors (Lipinski definition) is 3. The largest absolute Gasteiger partial charge is 0.399 e. The Labute approximate surface area is 76.1 Å². The lowest BCUT2D eigenvalue weighted by Crippen LogP contribution is -2.00. The SMILES string of the molecule is Nc1cccc(CS(=O)(O)=S)c1. The fraction of sp³-hybridized carbons (Fsp3) is 0.143. The number of nitrogens with two attached hydrogens (primary N) is 1. The molecule has 0 aliphatic heterocycles. The Morgan fingerprint density at radius 3 is 2.75 bits per heavy atom. The average molecular weight is 203 g/mol. The summed E-state index contributed by atoms with van der Waals surface area (Å²) in [4.78, 5) is 0. The van der Waals surface area contributed by atoms with Crippen molar-refractivity contribution in [2.24, 2.45) is 0 Å². The van der Waals surface area contributed by atoms with Crippen LogP contribution < -0.4 is 5.73 Å². The molecule has 0 bridgehead atoms. The molecule has 1 unspecified atom stereocenters. The van der Waals surface area contributed by atoms with Crippen LogP contribution in [0.1, 0.15) is 5.56 Å². The predicted molar refractivity (Wildman–Crippen MR) is 52.7 cm³/mol. The molecule has 0 fully saturated rings. The van der Waals surface area contributed by atoms with Crippen molar-refractivity contribution in [3.63, 3.8) is 0 Å². The molecule has 3 N–H and O–H groups in total. The van der Waals surface area contributed by atoms with Gasteiger partial charge in [0, 0.05) is 16.9 Å². The molecule has 12 heavy (non-hydrogen) atoms. The summed E-state index contributed by atoms with van der Waals surface area (Å²) in [6.07, 6.45) is 0. The van der Waals surface area contributed by atoms with E-state index in [4.69, 9.17) is 10.3 Å². The van der Waals surface area contributed by atoms with E-state index in [2.05, 4.69) is 11.2 Å². The molecule has 0 aliphatic carbocycles. The summed E-state index contributed by atoms with van der Waals surface area (Å²) in [6, 6.07) is 6.80. The molecule has 0 aromatic heterocycles. The lowest BCUT2D eigenvalue weighted by molar-refractivity contribution is 0.561. The third kappa shape index (κ3) is 3.17. The first-order chi connectivity index (χ1) is 5.47. The molecule has 66 valence electrons. The van der Waals surface area contributed by atoms with Gasteiger partial charge >= 0.3 is 0 Å². The highest BCUT2D eigenvalue weighted by molar-refractivity contribution is 8.29. The quantitative estimate of drug-likeness (QED) is 0.703. The zero-order chi connectivity index (χ0) is 9.19. The zero-order valence-electron chi connectivity index (χ0n) is 6.27. The van der Waals surface area contributed by atoms with Crippen molar-refractivity contribution in [3.05, 3.63) is 29.8 Å². The van der Waals surface area contributed by atoms with Crippen molar-refractivity contribution in [1.82, 2.24) is 0 Å². The monoisotopic (exact) mass is 203 g/mol. The summed E-state index contributed by atoms with van der Waals surface area (Å²) in [5.41, 5.74) is 6.74. The van der Waals surface area contributed by atoms with Crippen LogP contribution >= 0.6 is 0 Å². The Bertz CT molecular complexity index is 373. The van der Waals surface area contributed by atoms with Crippen LogP contribution in [0.25, 0.3) is 0 Å². The summed E-state index contributed by atoms with van der Waals surface area (Å²) in [5, 5.41) is 0. The molecule has 1 atom stereocenters. The lowest BCUT2D eigenvalue weighted by Gasteiger charge is -2.00. The number of hydrogen-bond donors (Lipinski definition) is 2. The smallest absolute Gasteiger partial charge is 0.145 e. The number of rotatable bonds is 2. The maximum atomic E-state index is 10.8. The minimum Gasteiger partial charge on any atom is -0.399 e. The molecular weight excluding hydrogens is 194 g/mol. The van der Waals surface area contributed by atoms with Gasteiger partial charge in [-0.05, 0) is 17.7 Å². The summed E-state index contributed by atoms with van der Waals surface area (Å²) in [5.74, 6) is -0.0205. The summed E-state index contributed by atoms with van der Waals surface area (Å²) in [7, 11) is -3.12. The molecule has 3 nitrogen and oxygen atoms in total. The van der Waals surface area contributed by atoms with Crippen LogP contribution in [0, 0.1) is 0 Å². The molecule has 1 rings (SSSR count). The van der Waals surface area contributed by atoms with Crippen LogP contribution in [0.2, 0.25) is 0 Å². The minimum atomic E-state index is -3.12. The van der Waals surface area contributed by atoms with Crippen molar-refractivity contribution in [3.8, 4) is 0 Å². The fourth-order valence-corrected chi connectivity index (χ4v) is 1.90. The molecule has 5 heteroatoms. The van der Waals surface area contributed by atoms with Crippen molar-refractivity contribution >= 4 is 25.6 Å². The Balaban J connectivity index is 2.91. The molecule has 0 radical (unpaired) electrons. The van der Waals surface area contributed by atoms with Crippen LogP contribution in [0.15, 0.2) is 24.3 Å². The van der Waals surface area contributed by atoms with E-state index in [1.807, 2.05) is 0 Å². The second-order valence-electron chi connectivity index (χ2n) is 2.47. The van der Waals surface area contributed by atoms with E-state index in [1.165, 1.54) is 0 Å². The van der Waals surface area contributed by atoms with E-state index in [1.54, 1.807) is 24.3 Å². The topological polar surface area (TPSA) is 63.3 Å². The molecule has 1 aromatic carbocycles. The van der Waals surface area contributed by atoms with E-state index in [0.717, 1.165) is 0 Å². The second kappa shape index (κ2) is 3.38. The lowest BCUT2D eigenvalue weighted by atomic mass is 10.2. The first kappa shape index (κ1) is 9.44. The standard InChI is InChI=1S/C7H9NO2S2/c8-7-3-1-2-6(4-7)5-12(9,10)11/h1-4H,5,8H2,(H,9,10,11). The van der Waals surface area contributed by atoms with E-state index in [9.17, 15) is 4.21 Å². The Morgan fingerprint density at radius 1 is 1.58 bits per heavy atom. The van der Waals surface area contributed by atoms with Crippen molar-refractivity contribution in [1.29, 1.82) is 0 Å². The number of anilines is 1. The van der Waals surface area contributed by atoms with Gasteiger partial charge in [-0.15, -0.1) is 0 Å². The molecular formula is C7H9NO2S2. The summed E-state index contributed by atoms with van der Waals surface area (Å²) < 4.78 is 19.7. The molecule has 0 spiro atoms. The maximum absolute atomic E-state index is 10.8. The highest BCUT2D eigenvalue weighted by atomic mass is 32.8. The van der Waals surface area contributed by atoms with E-state index < -0.39 is 8.77 Å². The van der Waals surface area contributed by atoms with E-state index in [0.29, 0.717) is 11.3 Å². The number of benzene rings is 1. The highest BCUT2D eigenvalue weighted by Crippen LogP contribution is 2.09. The number of nitrogen functional groups attached to an aromatic ring is 1. The molecule has 0 saturated carbocycles. The summed E-state index contributed by atoms with van der Waals surface area (Å²) >= 11 is 4.35. The van der Waals surface area contributed by atoms with E-state index >= 15 is 0 Å². The van der Waals surface area contributed by atoms with E-state index in [-0.39, 0.29) is 5.75 Å². The van der Waals surface area contributed by atoms with Crippen LogP contribution in [-0.2, 0) is 25.7 Å². The first-order valence-corrected chi connectivity index (χ1v) is 5.88. The van der Waals surface area contributed by atoms with Crippen LogP contribution in [0.4, 0.5) is 5.69 Å². The maximum Gasteiger partial charge on any atom is 0.145 e. The Hall–Kier alpha value is -0.650. The van der Waals surface area contributed by atoms with Gasteiger partial charge in [0.2, 0.25) is 0 Å². The van der Waals surface area contributed by atoms with Crippen molar-refractivity contribution in [2.75, 3.05) is 5.73 Å². The predicted octanol–water partition coefficient (Wildman–Crippen LogP) is 0.988. The van der Waals surface area contributed by atoms with Gasteiger partial charge in [-0.1, -0.05) is 12.1 Å².